The lowest BCUT2D eigenvalue weighted by atomic mass is 10.1. The highest BCUT2D eigenvalue weighted by Crippen LogP contribution is 2.23. The number of hydrogen-bond acceptors (Lipinski definition) is 5. The minimum atomic E-state index is -0.398. The number of hydrogen-bond donors (Lipinski definition) is 2. The molecule has 0 radical (unpaired) electrons. The molecule has 4 rings (SSSR count). The number of nitrogens with one attached hydrogen (secondary N) is 2. The number of pyridine rings is 1. The van der Waals surface area contributed by atoms with Crippen LogP contribution in [0.15, 0.2) is 84.1 Å². The van der Waals surface area contributed by atoms with E-state index in [0.29, 0.717) is 34.5 Å². The molecular weight excluding hydrogens is 414 g/mol. The first-order chi connectivity index (χ1) is 15.2. The number of H-pyrrole nitrogens is 1. The molecule has 2 heterocycles. The Morgan fingerprint density at radius 3 is 2.68 bits per heavy atom. The summed E-state index contributed by atoms with van der Waals surface area (Å²) in [5, 5.41) is 11.5. The van der Waals surface area contributed by atoms with E-state index in [1.54, 1.807) is 24.4 Å². The highest BCUT2D eigenvalue weighted by atomic mass is 35.5. The second-order valence-corrected chi connectivity index (χ2v) is 6.93. The first-order valence-electron chi connectivity index (χ1n) is 9.45. The van der Waals surface area contributed by atoms with E-state index in [0.717, 1.165) is 11.1 Å². The summed E-state index contributed by atoms with van der Waals surface area (Å²) in [6.07, 6.45) is 3.12. The molecule has 0 atom stereocenters. The molecule has 4 aromatic rings. The van der Waals surface area contributed by atoms with Crippen molar-refractivity contribution in [2.24, 2.45) is 5.10 Å². The van der Waals surface area contributed by atoms with Crippen molar-refractivity contribution >= 4 is 23.7 Å². The van der Waals surface area contributed by atoms with Gasteiger partial charge in [-0.3, -0.25) is 14.9 Å². The molecule has 0 aliphatic carbocycles. The summed E-state index contributed by atoms with van der Waals surface area (Å²) in [5.74, 6) is 0.312. The van der Waals surface area contributed by atoms with E-state index in [9.17, 15) is 4.79 Å². The maximum Gasteiger partial charge on any atom is 0.289 e. The first-order valence-corrected chi connectivity index (χ1v) is 9.83. The van der Waals surface area contributed by atoms with Crippen LogP contribution in [0.1, 0.15) is 21.7 Å². The Balaban J connectivity index is 1.35. The van der Waals surface area contributed by atoms with Gasteiger partial charge >= 0.3 is 0 Å². The lowest BCUT2D eigenvalue weighted by molar-refractivity contribution is 0.0950. The molecule has 0 aliphatic rings. The average Bonchev–Trinajstić information content (AvgIpc) is 3.30. The monoisotopic (exact) mass is 431 g/mol. The third-order valence-electron chi connectivity index (χ3n) is 4.38. The largest absolute Gasteiger partial charge is 0.489 e. The fourth-order valence-electron chi connectivity index (χ4n) is 2.75. The third kappa shape index (κ3) is 5.34. The van der Waals surface area contributed by atoms with Gasteiger partial charge in [0.25, 0.3) is 5.91 Å². The van der Waals surface area contributed by atoms with Crippen molar-refractivity contribution < 1.29 is 9.53 Å². The number of carbonyl (C=O) groups excluding carboxylic acids is 1. The van der Waals surface area contributed by atoms with Gasteiger partial charge in [-0.05, 0) is 48.5 Å². The fraction of sp³-hybridized carbons (Fsp3) is 0.0435. The third-order valence-corrected chi connectivity index (χ3v) is 4.74. The number of rotatable bonds is 7. The lowest BCUT2D eigenvalue weighted by Crippen LogP contribution is -2.18. The zero-order chi connectivity index (χ0) is 21.5. The van der Waals surface area contributed by atoms with E-state index in [1.807, 2.05) is 54.6 Å². The molecule has 31 heavy (non-hydrogen) atoms. The Morgan fingerprint density at radius 1 is 1.10 bits per heavy atom. The average molecular weight is 432 g/mol. The Kier molecular flexibility index (Phi) is 6.35. The van der Waals surface area contributed by atoms with Crippen molar-refractivity contribution in [3.8, 4) is 17.0 Å². The van der Waals surface area contributed by atoms with Gasteiger partial charge in [0.15, 0.2) is 0 Å². The van der Waals surface area contributed by atoms with Gasteiger partial charge in [0.1, 0.15) is 18.1 Å². The van der Waals surface area contributed by atoms with Crippen LogP contribution in [0, 0.1) is 0 Å². The van der Waals surface area contributed by atoms with Crippen LogP contribution >= 0.6 is 11.6 Å². The van der Waals surface area contributed by atoms with Gasteiger partial charge in [0, 0.05) is 22.3 Å². The molecule has 7 nitrogen and oxygen atoms in total. The van der Waals surface area contributed by atoms with Gasteiger partial charge in [-0.25, -0.2) is 5.43 Å². The zero-order valence-corrected chi connectivity index (χ0v) is 17.1. The SMILES string of the molecule is O=C(N/N=C\c1ccccn1)c1cc(-c2ccc(OCc3ccccc3Cl)cc2)n[nH]1. The molecule has 0 bridgehead atoms. The molecular formula is C23H18ClN5O2. The number of carbonyl (C=O) groups is 1. The maximum atomic E-state index is 12.2. The van der Waals surface area contributed by atoms with Gasteiger partial charge in [0.05, 0.1) is 17.6 Å². The predicted octanol–water partition coefficient (Wildman–Crippen LogP) is 4.47. The molecule has 0 aliphatic heterocycles. The molecule has 0 saturated carbocycles. The summed E-state index contributed by atoms with van der Waals surface area (Å²) < 4.78 is 5.79. The molecule has 0 fully saturated rings. The van der Waals surface area contributed by atoms with E-state index >= 15 is 0 Å². The van der Waals surface area contributed by atoms with Crippen molar-refractivity contribution in [1.29, 1.82) is 0 Å². The van der Waals surface area contributed by atoms with E-state index in [-0.39, 0.29) is 0 Å². The van der Waals surface area contributed by atoms with Crippen LogP contribution in [0.25, 0.3) is 11.3 Å². The molecule has 0 spiro atoms. The van der Waals surface area contributed by atoms with Crippen molar-refractivity contribution in [2.45, 2.75) is 6.61 Å². The van der Waals surface area contributed by atoms with E-state index in [4.69, 9.17) is 16.3 Å². The van der Waals surface area contributed by atoms with Crippen LogP contribution in [0.4, 0.5) is 0 Å². The standard InChI is InChI=1S/C23H18ClN5O2/c24-20-7-2-1-5-17(20)15-31-19-10-8-16(9-11-19)21-13-22(28-27-21)23(30)29-26-14-18-6-3-4-12-25-18/h1-14H,15H2,(H,27,28)(H,29,30)/b26-14-. The van der Waals surface area contributed by atoms with Crippen molar-refractivity contribution in [1.82, 2.24) is 20.6 Å². The van der Waals surface area contributed by atoms with E-state index < -0.39 is 5.91 Å². The number of halogens is 1. The summed E-state index contributed by atoms with van der Waals surface area (Å²) in [4.78, 5) is 16.3. The second-order valence-electron chi connectivity index (χ2n) is 6.53. The molecule has 2 aromatic carbocycles. The summed E-state index contributed by atoms with van der Waals surface area (Å²) in [5.41, 5.74) is 5.79. The second kappa shape index (κ2) is 9.69. The Hall–Kier alpha value is -3.97. The highest BCUT2D eigenvalue weighted by Gasteiger charge is 2.10. The van der Waals surface area contributed by atoms with Gasteiger partial charge in [-0.2, -0.15) is 10.2 Å². The lowest BCUT2D eigenvalue weighted by Gasteiger charge is -2.08. The topological polar surface area (TPSA) is 92.3 Å². The fourth-order valence-corrected chi connectivity index (χ4v) is 2.94. The quantitative estimate of drug-likeness (QED) is 0.333. The molecule has 0 saturated heterocycles. The van der Waals surface area contributed by atoms with Crippen LogP contribution in [0.3, 0.4) is 0 Å². The van der Waals surface area contributed by atoms with Gasteiger partial charge in [-0.15, -0.1) is 0 Å². The van der Waals surface area contributed by atoms with Gasteiger partial charge in [-0.1, -0.05) is 35.9 Å². The van der Waals surface area contributed by atoms with Crippen molar-refractivity contribution in [3.63, 3.8) is 0 Å². The van der Waals surface area contributed by atoms with Gasteiger partial charge in [0.2, 0.25) is 0 Å². The van der Waals surface area contributed by atoms with Crippen LogP contribution in [0.5, 0.6) is 5.75 Å². The number of ether oxygens (including phenoxy) is 1. The summed E-state index contributed by atoms with van der Waals surface area (Å²) >= 11 is 6.15. The molecule has 1 amide bonds. The number of aromatic nitrogens is 3. The predicted molar refractivity (Wildman–Crippen MR) is 119 cm³/mol. The van der Waals surface area contributed by atoms with E-state index in [2.05, 4.69) is 25.7 Å². The summed E-state index contributed by atoms with van der Waals surface area (Å²) in [7, 11) is 0. The minimum absolute atomic E-state index is 0.298. The normalized spacial score (nSPS) is 10.9. The number of benzene rings is 2. The molecule has 0 unspecified atom stereocenters. The van der Waals surface area contributed by atoms with Crippen molar-refractivity contribution in [3.05, 3.63) is 101 Å². The van der Waals surface area contributed by atoms with E-state index in [1.165, 1.54) is 6.21 Å². The Labute approximate surface area is 183 Å². The minimum Gasteiger partial charge on any atom is -0.489 e. The highest BCUT2D eigenvalue weighted by molar-refractivity contribution is 6.31. The maximum absolute atomic E-state index is 12.2. The van der Waals surface area contributed by atoms with Crippen LogP contribution < -0.4 is 10.2 Å². The summed E-state index contributed by atoms with van der Waals surface area (Å²) in [6.45, 7) is 0.380. The van der Waals surface area contributed by atoms with Crippen LogP contribution in [-0.4, -0.2) is 27.3 Å². The molecule has 2 aromatic heterocycles. The number of nitrogens with zero attached hydrogens (tertiary/aromatic N) is 3. The smallest absolute Gasteiger partial charge is 0.289 e. The molecule has 8 heteroatoms. The van der Waals surface area contributed by atoms with Crippen molar-refractivity contribution in [2.75, 3.05) is 0 Å². The molecule has 154 valence electrons. The number of hydrazone groups is 1. The Bertz CT molecular complexity index is 1190. The van der Waals surface area contributed by atoms with Crippen LogP contribution in [-0.2, 0) is 6.61 Å². The van der Waals surface area contributed by atoms with Crippen LogP contribution in [0.2, 0.25) is 5.02 Å². The first kappa shape index (κ1) is 20.3. The van der Waals surface area contributed by atoms with Gasteiger partial charge < -0.3 is 4.74 Å². The zero-order valence-electron chi connectivity index (χ0n) is 16.3. The summed E-state index contributed by atoms with van der Waals surface area (Å²) in [6, 6.07) is 22.1. The number of amides is 1. The Morgan fingerprint density at radius 2 is 1.90 bits per heavy atom. The molecule has 2 N–H and O–H groups in total. The number of aromatic amines is 1.